The Morgan fingerprint density at radius 2 is 1.50 bits per heavy atom. The van der Waals surface area contributed by atoms with E-state index in [-0.39, 0.29) is 10.8 Å². The molecule has 1 aromatic carbocycles. The highest BCUT2D eigenvalue weighted by atomic mass is 32.2. The van der Waals surface area contributed by atoms with Gasteiger partial charge in [-0.3, -0.25) is 4.79 Å². The molecule has 0 unspecified atom stereocenters. The number of anilines is 3. The van der Waals surface area contributed by atoms with Gasteiger partial charge >= 0.3 is 0 Å². The Kier molecular flexibility index (Phi) is 6.34. The molecule has 2 aliphatic rings. The zero-order valence-corrected chi connectivity index (χ0v) is 19.7. The summed E-state index contributed by atoms with van der Waals surface area (Å²) in [5.41, 5.74) is 1.20. The van der Waals surface area contributed by atoms with Gasteiger partial charge in [0.25, 0.3) is 0 Å². The second-order valence-electron chi connectivity index (χ2n) is 8.38. The van der Waals surface area contributed by atoms with Crippen molar-refractivity contribution < 1.29 is 13.2 Å². The van der Waals surface area contributed by atoms with Gasteiger partial charge in [0.2, 0.25) is 15.9 Å². The minimum Gasteiger partial charge on any atom is -0.356 e. The van der Waals surface area contributed by atoms with E-state index in [0.29, 0.717) is 37.4 Å². The van der Waals surface area contributed by atoms with Gasteiger partial charge in [0.15, 0.2) is 0 Å². The summed E-state index contributed by atoms with van der Waals surface area (Å²) in [6, 6.07) is 6.90. The summed E-state index contributed by atoms with van der Waals surface area (Å²) >= 11 is 0. The molecule has 32 heavy (non-hydrogen) atoms. The highest BCUT2D eigenvalue weighted by Crippen LogP contribution is 2.27. The summed E-state index contributed by atoms with van der Waals surface area (Å²) in [4.78, 5) is 25.2. The van der Waals surface area contributed by atoms with E-state index in [0.717, 1.165) is 30.5 Å². The van der Waals surface area contributed by atoms with Crippen molar-refractivity contribution in [2.24, 2.45) is 0 Å². The largest absolute Gasteiger partial charge is 0.356 e. The number of benzene rings is 1. The molecular formula is C22H30N6O3S. The fourth-order valence-electron chi connectivity index (χ4n) is 4.32. The normalized spacial score (nSPS) is 17.6. The van der Waals surface area contributed by atoms with Gasteiger partial charge in [0, 0.05) is 57.9 Å². The van der Waals surface area contributed by atoms with Crippen molar-refractivity contribution >= 4 is 33.3 Å². The first-order chi connectivity index (χ1) is 15.2. The molecule has 4 rings (SSSR count). The molecule has 9 nitrogen and oxygen atoms in total. The van der Waals surface area contributed by atoms with E-state index in [2.05, 4.69) is 25.1 Å². The summed E-state index contributed by atoms with van der Waals surface area (Å²) in [6.07, 6.45) is 2.36. The lowest BCUT2D eigenvalue weighted by Crippen LogP contribution is -2.49. The molecule has 1 N–H and O–H groups in total. The molecule has 2 saturated heterocycles. The van der Waals surface area contributed by atoms with Crippen LogP contribution in [-0.2, 0) is 14.8 Å². The maximum atomic E-state index is 13.3. The molecule has 0 atom stereocenters. The van der Waals surface area contributed by atoms with E-state index in [9.17, 15) is 13.2 Å². The van der Waals surface area contributed by atoms with Crippen LogP contribution in [-0.4, -0.2) is 67.9 Å². The molecule has 10 heteroatoms. The zero-order chi connectivity index (χ0) is 22.9. The van der Waals surface area contributed by atoms with Crippen LogP contribution in [0.4, 0.5) is 17.3 Å². The van der Waals surface area contributed by atoms with Crippen LogP contribution in [0.2, 0.25) is 0 Å². The number of nitrogens with zero attached hydrogens (tertiary/aromatic N) is 5. The summed E-state index contributed by atoms with van der Waals surface area (Å²) in [5.74, 6) is 2.35. The Morgan fingerprint density at radius 1 is 0.906 bits per heavy atom. The molecule has 2 aliphatic heterocycles. The molecule has 2 aromatic rings. The van der Waals surface area contributed by atoms with Crippen LogP contribution < -0.4 is 15.1 Å². The zero-order valence-electron chi connectivity index (χ0n) is 18.8. The molecule has 0 bridgehead atoms. The van der Waals surface area contributed by atoms with E-state index in [4.69, 9.17) is 0 Å². The number of hydrogen-bond donors (Lipinski definition) is 1. The van der Waals surface area contributed by atoms with Crippen LogP contribution in [0.15, 0.2) is 29.2 Å². The number of carbonyl (C=O) groups is 1. The molecule has 3 heterocycles. The summed E-state index contributed by atoms with van der Waals surface area (Å²) in [6.45, 7) is 9.01. The summed E-state index contributed by atoms with van der Waals surface area (Å²) in [5, 5.41) is 2.69. The average Bonchev–Trinajstić information content (AvgIpc) is 3.28. The highest BCUT2D eigenvalue weighted by Gasteiger charge is 2.30. The van der Waals surface area contributed by atoms with Gasteiger partial charge in [0.1, 0.15) is 17.5 Å². The Morgan fingerprint density at radius 3 is 2.06 bits per heavy atom. The predicted octanol–water partition coefficient (Wildman–Crippen LogP) is 2.16. The number of piperazine rings is 1. The van der Waals surface area contributed by atoms with Crippen molar-refractivity contribution in [3.8, 4) is 0 Å². The van der Waals surface area contributed by atoms with Gasteiger partial charge in [-0.15, -0.1) is 0 Å². The quantitative estimate of drug-likeness (QED) is 0.733. The Balaban J connectivity index is 1.47. The van der Waals surface area contributed by atoms with Gasteiger partial charge in [-0.25, -0.2) is 18.4 Å². The predicted molar refractivity (Wildman–Crippen MR) is 125 cm³/mol. The maximum absolute atomic E-state index is 13.3. The molecule has 1 aromatic heterocycles. The molecule has 2 fully saturated rings. The molecule has 0 spiro atoms. The lowest BCUT2D eigenvalue weighted by atomic mass is 10.2. The number of carbonyl (C=O) groups excluding carboxylic acids is 1. The van der Waals surface area contributed by atoms with Crippen LogP contribution >= 0.6 is 0 Å². The molecule has 0 saturated carbocycles. The van der Waals surface area contributed by atoms with Crippen molar-refractivity contribution in [1.29, 1.82) is 0 Å². The SMILES string of the molecule is CC(=O)Nc1ccc(S(=O)(=O)N2CCN(c3cc(N4CCCC4)nc(C)n3)CC2)c(C)c1. The van der Waals surface area contributed by atoms with Crippen LogP contribution in [0.25, 0.3) is 0 Å². The van der Waals surface area contributed by atoms with Crippen molar-refractivity contribution in [2.45, 2.75) is 38.5 Å². The van der Waals surface area contributed by atoms with Crippen molar-refractivity contribution in [3.05, 3.63) is 35.7 Å². The Hall–Kier alpha value is -2.72. The van der Waals surface area contributed by atoms with Gasteiger partial charge in [-0.2, -0.15) is 4.31 Å². The topological polar surface area (TPSA) is 98.7 Å². The maximum Gasteiger partial charge on any atom is 0.243 e. The minimum atomic E-state index is -3.62. The smallest absolute Gasteiger partial charge is 0.243 e. The molecule has 0 radical (unpaired) electrons. The first-order valence-corrected chi connectivity index (χ1v) is 12.4. The van der Waals surface area contributed by atoms with Crippen molar-refractivity contribution in [3.63, 3.8) is 0 Å². The molecule has 0 aliphatic carbocycles. The number of nitrogens with one attached hydrogen (secondary N) is 1. The first-order valence-electron chi connectivity index (χ1n) is 11.0. The lowest BCUT2D eigenvalue weighted by Gasteiger charge is -2.35. The fraction of sp³-hybridized carbons (Fsp3) is 0.500. The Bertz CT molecular complexity index is 1110. The van der Waals surface area contributed by atoms with Crippen LogP contribution in [0.5, 0.6) is 0 Å². The van der Waals surface area contributed by atoms with Crippen molar-refractivity contribution in [1.82, 2.24) is 14.3 Å². The van der Waals surface area contributed by atoms with Crippen molar-refractivity contribution in [2.75, 3.05) is 54.4 Å². The second kappa shape index (κ2) is 9.03. The first kappa shape index (κ1) is 22.5. The van der Waals surface area contributed by atoms with Crippen LogP contribution in [0, 0.1) is 13.8 Å². The van der Waals surface area contributed by atoms with Gasteiger partial charge < -0.3 is 15.1 Å². The summed E-state index contributed by atoms with van der Waals surface area (Å²) < 4.78 is 28.0. The van der Waals surface area contributed by atoms with Crippen LogP contribution in [0.1, 0.15) is 31.2 Å². The van der Waals surface area contributed by atoms with Gasteiger partial charge in [-0.05, 0) is 50.5 Å². The number of hydrogen-bond acceptors (Lipinski definition) is 7. The highest BCUT2D eigenvalue weighted by molar-refractivity contribution is 7.89. The third kappa shape index (κ3) is 4.71. The number of aromatic nitrogens is 2. The van der Waals surface area contributed by atoms with Gasteiger partial charge in [-0.1, -0.05) is 0 Å². The second-order valence-corrected chi connectivity index (χ2v) is 10.3. The van der Waals surface area contributed by atoms with E-state index in [1.54, 1.807) is 25.1 Å². The number of rotatable bonds is 5. The Labute approximate surface area is 189 Å². The number of sulfonamides is 1. The fourth-order valence-corrected chi connectivity index (χ4v) is 5.95. The lowest BCUT2D eigenvalue weighted by molar-refractivity contribution is -0.114. The summed E-state index contributed by atoms with van der Waals surface area (Å²) in [7, 11) is -3.62. The molecule has 1 amide bonds. The third-order valence-electron chi connectivity index (χ3n) is 5.92. The van der Waals surface area contributed by atoms with Crippen LogP contribution in [0.3, 0.4) is 0 Å². The van der Waals surface area contributed by atoms with E-state index >= 15 is 0 Å². The molecule has 172 valence electrons. The standard InChI is InChI=1S/C22H30N6O3S/c1-16-14-19(25-18(3)29)6-7-20(16)32(30,31)28-12-10-27(11-13-28)22-15-21(23-17(2)24-22)26-8-4-5-9-26/h6-7,14-15H,4-5,8-13H2,1-3H3,(H,25,29). The van der Waals surface area contributed by atoms with E-state index in [1.807, 2.05) is 13.0 Å². The monoisotopic (exact) mass is 458 g/mol. The van der Waals surface area contributed by atoms with E-state index in [1.165, 1.54) is 24.1 Å². The van der Waals surface area contributed by atoms with E-state index < -0.39 is 10.0 Å². The van der Waals surface area contributed by atoms with Gasteiger partial charge in [0.05, 0.1) is 4.90 Å². The number of aryl methyl sites for hydroxylation is 2. The number of amides is 1. The molecular weight excluding hydrogens is 428 g/mol. The third-order valence-corrected chi connectivity index (χ3v) is 7.98. The minimum absolute atomic E-state index is 0.191. The average molecular weight is 459 g/mol.